The Morgan fingerprint density at radius 1 is 0.543 bits per heavy atom. The number of carbonyl (C=O) groups is 4. The van der Waals surface area contributed by atoms with Gasteiger partial charge in [0.25, 0.3) is 11.8 Å². The number of halogens is 8. The summed E-state index contributed by atoms with van der Waals surface area (Å²) >= 11 is 48.5. The summed E-state index contributed by atoms with van der Waals surface area (Å²) < 4.78 is 0. The van der Waals surface area contributed by atoms with E-state index < -0.39 is 29.3 Å². The molecular formula is C21H10Cl8N2O4. The summed E-state index contributed by atoms with van der Waals surface area (Å²) in [6.45, 7) is 0.322. The zero-order valence-electron chi connectivity index (χ0n) is 17.0. The summed E-state index contributed by atoms with van der Waals surface area (Å²) in [7, 11) is 0. The van der Waals surface area contributed by atoms with E-state index in [4.69, 9.17) is 92.8 Å². The number of ketones is 2. The Bertz CT molecular complexity index is 1160. The van der Waals surface area contributed by atoms with E-state index >= 15 is 0 Å². The number of hydrogen-bond donors (Lipinski definition) is 1. The first kappa shape index (κ1) is 27.2. The number of nitrogens with one attached hydrogen (secondary N) is 1. The molecule has 0 bridgehead atoms. The fraction of sp³-hybridized carbons (Fsp3) is 0.238. The summed E-state index contributed by atoms with van der Waals surface area (Å²) in [5.74, 6) is -3.35. The average Bonchev–Trinajstić information content (AvgIpc) is 3.22. The van der Waals surface area contributed by atoms with E-state index in [1.165, 1.54) is 0 Å². The standard InChI is InChI=1S/C21H10Cl8N2O4/c22-10-6-7(11(23)15(27)14(10)26)19(33)5(18(6)32)1-2-30-3-4-31-20(34)8-9(21(31)35)13(25)17(29)16(28)12(8)24/h5,30H,1-4H2. The quantitative estimate of drug-likeness (QED) is 0.119. The normalized spacial score (nSPS) is 15.5. The van der Waals surface area contributed by atoms with Crippen molar-refractivity contribution in [2.75, 3.05) is 19.6 Å². The first-order valence-electron chi connectivity index (χ1n) is 9.78. The van der Waals surface area contributed by atoms with Gasteiger partial charge in [-0.25, -0.2) is 0 Å². The molecule has 1 aliphatic heterocycles. The summed E-state index contributed by atoms with van der Waals surface area (Å²) in [4.78, 5) is 52.1. The third-order valence-electron chi connectivity index (χ3n) is 5.70. The first-order chi connectivity index (χ1) is 16.4. The van der Waals surface area contributed by atoms with Crippen LogP contribution in [0.4, 0.5) is 0 Å². The van der Waals surface area contributed by atoms with Crippen molar-refractivity contribution in [3.8, 4) is 0 Å². The molecule has 1 heterocycles. The Morgan fingerprint density at radius 2 is 0.914 bits per heavy atom. The summed E-state index contributed by atoms with van der Waals surface area (Å²) in [6, 6.07) is 0. The molecule has 0 aromatic heterocycles. The van der Waals surface area contributed by atoms with Crippen molar-refractivity contribution in [3.05, 3.63) is 62.4 Å². The molecule has 0 unspecified atom stereocenters. The molecule has 0 saturated heterocycles. The van der Waals surface area contributed by atoms with Crippen molar-refractivity contribution in [2.24, 2.45) is 5.92 Å². The number of benzene rings is 2. The van der Waals surface area contributed by atoms with Crippen molar-refractivity contribution in [1.29, 1.82) is 0 Å². The number of rotatable bonds is 6. The van der Waals surface area contributed by atoms with Crippen LogP contribution in [-0.4, -0.2) is 47.9 Å². The highest BCUT2D eigenvalue weighted by atomic mass is 35.5. The number of nitrogens with zero attached hydrogens (tertiary/aromatic N) is 1. The lowest BCUT2D eigenvalue weighted by Gasteiger charge is -2.15. The van der Waals surface area contributed by atoms with Gasteiger partial charge in [-0.1, -0.05) is 92.8 Å². The molecule has 35 heavy (non-hydrogen) atoms. The van der Waals surface area contributed by atoms with Crippen LogP contribution in [0.25, 0.3) is 0 Å². The van der Waals surface area contributed by atoms with E-state index in [2.05, 4.69) is 5.32 Å². The lowest BCUT2D eigenvalue weighted by Crippen LogP contribution is -2.37. The van der Waals surface area contributed by atoms with Gasteiger partial charge in [-0.2, -0.15) is 0 Å². The molecule has 0 spiro atoms. The number of fused-ring (bicyclic) bond motifs is 2. The monoisotopic (exact) mass is 634 g/mol. The SMILES string of the molecule is O=C1c2c(Cl)c(Cl)c(Cl)c(Cl)c2C(=O)C1CCNCCN1C(=O)c2c(Cl)c(Cl)c(Cl)c(Cl)c2C1=O. The molecule has 0 atom stereocenters. The average molecular weight is 638 g/mol. The second-order valence-electron chi connectivity index (χ2n) is 7.59. The van der Waals surface area contributed by atoms with Gasteiger partial charge in [-0.3, -0.25) is 24.1 Å². The zero-order chi connectivity index (χ0) is 25.9. The van der Waals surface area contributed by atoms with Crippen molar-refractivity contribution in [3.63, 3.8) is 0 Å². The number of Topliss-reactive ketones (excluding diaryl/α,β-unsaturated/α-hetero) is 2. The molecule has 14 heteroatoms. The van der Waals surface area contributed by atoms with Gasteiger partial charge in [0, 0.05) is 13.1 Å². The zero-order valence-corrected chi connectivity index (χ0v) is 23.1. The number of imide groups is 1. The van der Waals surface area contributed by atoms with Crippen molar-refractivity contribution in [2.45, 2.75) is 6.42 Å². The minimum Gasteiger partial charge on any atom is -0.315 e. The maximum atomic E-state index is 12.8. The van der Waals surface area contributed by atoms with Crippen LogP contribution < -0.4 is 5.32 Å². The molecular weight excluding hydrogens is 628 g/mol. The largest absolute Gasteiger partial charge is 0.315 e. The van der Waals surface area contributed by atoms with E-state index in [-0.39, 0.29) is 88.5 Å². The van der Waals surface area contributed by atoms with E-state index in [1.807, 2.05) is 0 Å². The lowest BCUT2D eigenvalue weighted by molar-refractivity contribution is 0.0655. The lowest BCUT2D eigenvalue weighted by atomic mass is 10.00. The highest BCUT2D eigenvalue weighted by Gasteiger charge is 2.43. The van der Waals surface area contributed by atoms with Crippen LogP contribution in [0, 0.1) is 5.92 Å². The van der Waals surface area contributed by atoms with Crippen molar-refractivity contribution >= 4 is 116 Å². The molecule has 0 saturated carbocycles. The van der Waals surface area contributed by atoms with Gasteiger partial charge >= 0.3 is 0 Å². The Balaban J connectivity index is 1.39. The van der Waals surface area contributed by atoms with Crippen LogP contribution in [0.1, 0.15) is 47.9 Å². The third-order valence-corrected chi connectivity index (χ3v) is 9.30. The van der Waals surface area contributed by atoms with Crippen LogP contribution in [0.5, 0.6) is 0 Å². The summed E-state index contributed by atoms with van der Waals surface area (Å²) in [5, 5.41) is 2.02. The highest BCUT2D eigenvalue weighted by molar-refractivity contribution is 6.56. The minimum atomic E-state index is -1.02. The fourth-order valence-corrected chi connectivity index (χ4v) is 6.04. The predicted octanol–water partition coefficient (Wildman–Crippen LogP) is 7.18. The molecule has 2 amide bonds. The van der Waals surface area contributed by atoms with Gasteiger partial charge < -0.3 is 5.32 Å². The molecule has 6 nitrogen and oxygen atoms in total. The Kier molecular flexibility index (Phi) is 7.91. The Morgan fingerprint density at radius 3 is 1.31 bits per heavy atom. The van der Waals surface area contributed by atoms with Gasteiger partial charge in [-0.05, 0) is 13.0 Å². The summed E-state index contributed by atoms with van der Waals surface area (Å²) in [6.07, 6.45) is 0.110. The van der Waals surface area contributed by atoms with Gasteiger partial charge in [0.2, 0.25) is 0 Å². The second kappa shape index (κ2) is 10.2. The number of amides is 2. The van der Waals surface area contributed by atoms with E-state index in [9.17, 15) is 19.2 Å². The topological polar surface area (TPSA) is 83.6 Å². The van der Waals surface area contributed by atoms with Gasteiger partial charge in [0.15, 0.2) is 11.6 Å². The van der Waals surface area contributed by atoms with Gasteiger partial charge in [0.05, 0.1) is 68.4 Å². The molecule has 2 aromatic carbocycles. The van der Waals surface area contributed by atoms with Crippen LogP contribution in [0.2, 0.25) is 40.2 Å². The fourth-order valence-electron chi connectivity index (χ4n) is 3.98. The van der Waals surface area contributed by atoms with Gasteiger partial charge in [-0.15, -0.1) is 0 Å². The summed E-state index contributed by atoms with van der Waals surface area (Å²) in [5.41, 5.74) is -0.305. The molecule has 4 rings (SSSR count). The highest BCUT2D eigenvalue weighted by Crippen LogP contribution is 2.47. The van der Waals surface area contributed by atoms with E-state index in [0.717, 1.165) is 4.90 Å². The number of hydrogen-bond acceptors (Lipinski definition) is 5. The number of carbonyl (C=O) groups excluding carboxylic acids is 4. The second-order valence-corrected chi connectivity index (χ2v) is 10.6. The molecule has 1 N–H and O–H groups in total. The molecule has 2 aliphatic rings. The van der Waals surface area contributed by atoms with Gasteiger partial charge in [0.1, 0.15) is 0 Å². The van der Waals surface area contributed by atoms with Crippen LogP contribution in [-0.2, 0) is 0 Å². The van der Waals surface area contributed by atoms with E-state index in [1.54, 1.807) is 0 Å². The first-order valence-corrected chi connectivity index (χ1v) is 12.8. The van der Waals surface area contributed by atoms with Crippen LogP contribution in [0.15, 0.2) is 0 Å². The van der Waals surface area contributed by atoms with Crippen molar-refractivity contribution in [1.82, 2.24) is 10.2 Å². The minimum absolute atomic E-state index is 0.0378. The van der Waals surface area contributed by atoms with Crippen molar-refractivity contribution < 1.29 is 19.2 Å². The Hall–Kier alpha value is -0.800. The van der Waals surface area contributed by atoms with Crippen LogP contribution in [0.3, 0.4) is 0 Å². The van der Waals surface area contributed by atoms with Crippen LogP contribution >= 0.6 is 92.8 Å². The molecule has 184 valence electrons. The third kappa shape index (κ3) is 4.25. The molecule has 0 fully saturated rings. The molecule has 2 aromatic rings. The Labute approximate surface area is 238 Å². The predicted molar refractivity (Wildman–Crippen MR) is 138 cm³/mol. The molecule has 1 aliphatic carbocycles. The molecule has 0 radical (unpaired) electrons. The maximum absolute atomic E-state index is 12.8. The maximum Gasteiger partial charge on any atom is 0.263 e. The van der Waals surface area contributed by atoms with E-state index in [0.29, 0.717) is 0 Å². The smallest absolute Gasteiger partial charge is 0.263 e.